The molecule has 0 unspecified atom stereocenters. The summed E-state index contributed by atoms with van der Waals surface area (Å²) in [6.07, 6.45) is 0.516. The molecule has 4 heterocycles. The number of thiophene rings is 1. The number of alkyl halides is 3. The van der Waals surface area contributed by atoms with E-state index in [4.69, 9.17) is 11.3 Å². The van der Waals surface area contributed by atoms with Crippen LogP contribution in [0.15, 0.2) is 42.6 Å². The molecule has 2 aromatic heterocycles. The smallest absolute Gasteiger partial charge is 0.380 e. The molecule has 2 atom stereocenters. The topological polar surface area (TPSA) is 63.8 Å². The zero-order valence-electron chi connectivity index (χ0n) is 21.7. The molecule has 3 aromatic rings. The summed E-state index contributed by atoms with van der Waals surface area (Å²) in [7, 11) is 0. The Hall–Kier alpha value is -3.53. The Morgan fingerprint density at radius 3 is 2.88 bits per heavy atom. The minimum absolute atomic E-state index is 0.119. The average Bonchev–Trinajstić information content (AvgIpc) is 3.69. The summed E-state index contributed by atoms with van der Waals surface area (Å²) < 4.78 is 63.9. The van der Waals surface area contributed by atoms with Gasteiger partial charge in [-0.1, -0.05) is 18.2 Å². The Morgan fingerprint density at radius 1 is 1.35 bits per heavy atom. The number of halogens is 4. The van der Waals surface area contributed by atoms with Gasteiger partial charge in [-0.15, -0.1) is 0 Å². The van der Waals surface area contributed by atoms with E-state index in [2.05, 4.69) is 15.3 Å². The fourth-order valence-electron chi connectivity index (χ4n) is 5.18. The normalized spacial score (nSPS) is 19.2. The molecule has 12 heteroatoms. The second-order valence-electron chi connectivity index (χ2n) is 9.67. The number of hydrogen-bond acceptors (Lipinski definition) is 5. The highest BCUT2D eigenvalue weighted by Crippen LogP contribution is 2.46. The van der Waals surface area contributed by atoms with E-state index < -0.39 is 23.6 Å². The van der Waals surface area contributed by atoms with Crippen molar-refractivity contribution in [3.63, 3.8) is 0 Å². The van der Waals surface area contributed by atoms with Crippen LogP contribution in [0.1, 0.15) is 41.0 Å². The maximum atomic E-state index is 15.5. The molecule has 1 aromatic carbocycles. The van der Waals surface area contributed by atoms with Gasteiger partial charge in [-0.2, -0.15) is 29.6 Å². The quantitative estimate of drug-likeness (QED) is 0.222. The highest BCUT2D eigenvalue weighted by molar-refractivity contribution is 7.16. The number of aryl methyl sites for hydroxylation is 1. The number of ether oxygens (including phenoxy) is 1. The molecule has 2 aliphatic heterocycles. The zero-order chi connectivity index (χ0) is 28.4. The third-order valence-electron chi connectivity index (χ3n) is 7.12. The third-order valence-corrected chi connectivity index (χ3v) is 8.15. The maximum absolute atomic E-state index is 15.5. The fourth-order valence-corrected chi connectivity index (χ4v) is 6.20. The number of nitrogens with zero attached hydrogens (tertiary/aromatic N) is 4. The molecule has 1 N–H and O–H groups in total. The number of amides is 1. The lowest BCUT2D eigenvalue weighted by Crippen LogP contribution is -2.37. The molecule has 1 saturated heterocycles. The summed E-state index contributed by atoms with van der Waals surface area (Å²) in [6, 6.07) is 6.09. The molecule has 7 nitrogen and oxygen atoms in total. The summed E-state index contributed by atoms with van der Waals surface area (Å²) in [5.41, 5.74) is -0.694. The SMILES string of the molecule is [C-]#[N+]c1cc2c(s1)CN(C(=O)/C=C/CN[C@@H]1CCOC1)C[C@H]2c1cccc(F)c1-c1cn(CC)nc1C(F)(F)F. The van der Waals surface area contributed by atoms with Gasteiger partial charge in [-0.25, -0.2) is 9.24 Å². The van der Waals surface area contributed by atoms with E-state index in [1.807, 2.05) is 0 Å². The third kappa shape index (κ3) is 5.68. The van der Waals surface area contributed by atoms with Crippen LogP contribution in [0.5, 0.6) is 0 Å². The molecule has 0 spiro atoms. The first kappa shape index (κ1) is 28.0. The number of benzene rings is 1. The van der Waals surface area contributed by atoms with Crippen molar-refractivity contribution in [3.8, 4) is 11.1 Å². The van der Waals surface area contributed by atoms with Gasteiger partial charge in [-0.05, 0) is 36.6 Å². The van der Waals surface area contributed by atoms with Gasteiger partial charge in [0.2, 0.25) is 10.9 Å². The van der Waals surface area contributed by atoms with Crippen molar-refractivity contribution in [1.82, 2.24) is 20.0 Å². The predicted molar refractivity (Wildman–Crippen MR) is 143 cm³/mol. The van der Waals surface area contributed by atoms with Crippen LogP contribution in [-0.4, -0.2) is 52.9 Å². The molecule has 2 aliphatic rings. The van der Waals surface area contributed by atoms with Crippen LogP contribution >= 0.6 is 11.3 Å². The van der Waals surface area contributed by atoms with Crippen molar-refractivity contribution >= 4 is 22.2 Å². The van der Waals surface area contributed by atoms with Gasteiger partial charge in [0.05, 0.1) is 19.7 Å². The van der Waals surface area contributed by atoms with Gasteiger partial charge in [0.1, 0.15) is 5.82 Å². The van der Waals surface area contributed by atoms with Crippen molar-refractivity contribution in [3.05, 3.63) is 81.5 Å². The summed E-state index contributed by atoms with van der Waals surface area (Å²) in [4.78, 5) is 19.1. The second kappa shape index (κ2) is 11.5. The highest BCUT2D eigenvalue weighted by atomic mass is 32.1. The van der Waals surface area contributed by atoms with Gasteiger partial charge in [0.15, 0.2) is 5.69 Å². The van der Waals surface area contributed by atoms with Gasteiger partial charge in [0.25, 0.3) is 0 Å². The van der Waals surface area contributed by atoms with Crippen LogP contribution < -0.4 is 5.32 Å². The van der Waals surface area contributed by atoms with Crippen molar-refractivity contribution in [2.75, 3.05) is 26.3 Å². The lowest BCUT2D eigenvalue weighted by atomic mass is 9.83. The average molecular weight is 574 g/mol. The summed E-state index contributed by atoms with van der Waals surface area (Å²) >= 11 is 1.23. The number of aromatic nitrogens is 2. The maximum Gasteiger partial charge on any atom is 0.435 e. The standard InChI is InChI=1S/C28H27F4N5O2S/c1-3-37-14-21(27(35-37)28(30,31)32)26-18(6-4-7-22(26)29)20-13-36(15-23-19(20)12-24(33-2)40-23)25(38)8-5-10-34-17-9-11-39-16-17/h4-8,12,14,17,20,34H,3,9-11,13,15-16H2,1H3/b8-5+/t17-,20+/m1/s1. The van der Waals surface area contributed by atoms with Crippen molar-refractivity contribution in [2.45, 2.75) is 44.6 Å². The van der Waals surface area contributed by atoms with Crippen LogP contribution in [0.25, 0.3) is 16.0 Å². The minimum Gasteiger partial charge on any atom is -0.380 e. The largest absolute Gasteiger partial charge is 0.435 e. The lowest BCUT2D eigenvalue weighted by molar-refractivity contribution is -0.141. The first-order valence-electron chi connectivity index (χ1n) is 12.9. The molecule has 1 fully saturated rings. The molecule has 0 bridgehead atoms. The van der Waals surface area contributed by atoms with Crippen LogP contribution in [0.2, 0.25) is 0 Å². The molecule has 0 aliphatic carbocycles. The van der Waals surface area contributed by atoms with Crippen LogP contribution in [0, 0.1) is 12.4 Å². The molecule has 210 valence electrons. The van der Waals surface area contributed by atoms with E-state index in [9.17, 15) is 18.0 Å². The Labute approximate surface area is 232 Å². The van der Waals surface area contributed by atoms with Gasteiger partial charge in [0, 0.05) is 66.5 Å². The predicted octanol–water partition coefficient (Wildman–Crippen LogP) is 5.75. The van der Waals surface area contributed by atoms with Crippen LogP contribution in [-0.2, 0) is 28.8 Å². The Kier molecular flexibility index (Phi) is 8.07. The molecular weight excluding hydrogens is 546 g/mol. The number of hydrogen-bond donors (Lipinski definition) is 1. The minimum atomic E-state index is -4.79. The van der Waals surface area contributed by atoms with Crippen molar-refractivity contribution in [1.29, 1.82) is 0 Å². The number of fused-ring (bicyclic) bond motifs is 1. The van der Waals surface area contributed by atoms with Gasteiger partial charge in [-0.3, -0.25) is 9.48 Å². The zero-order valence-corrected chi connectivity index (χ0v) is 22.5. The number of carbonyl (C=O) groups excluding carboxylic acids is 1. The molecule has 40 heavy (non-hydrogen) atoms. The molecular formula is C28H27F4N5O2S. The Balaban J connectivity index is 1.51. The highest BCUT2D eigenvalue weighted by Gasteiger charge is 2.40. The van der Waals surface area contributed by atoms with Crippen molar-refractivity contribution < 1.29 is 27.1 Å². The van der Waals surface area contributed by atoms with E-state index in [1.165, 1.54) is 29.7 Å². The van der Waals surface area contributed by atoms with Gasteiger partial charge < -0.3 is 15.0 Å². The van der Waals surface area contributed by atoms with E-state index in [-0.39, 0.29) is 42.7 Å². The Morgan fingerprint density at radius 2 is 2.17 bits per heavy atom. The summed E-state index contributed by atoms with van der Waals surface area (Å²) in [6.45, 7) is 11.5. The van der Waals surface area contributed by atoms with Crippen LogP contribution in [0.3, 0.4) is 0 Å². The summed E-state index contributed by atoms with van der Waals surface area (Å²) in [5, 5.41) is 7.38. The van der Waals surface area contributed by atoms with E-state index >= 15 is 4.39 Å². The first-order chi connectivity index (χ1) is 19.2. The van der Waals surface area contributed by atoms with E-state index in [0.29, 0.717) is 30.3 Å². The monoisotopic (exact) mass is 573 g/mol. The van der Waals surface area contributed by atoms with Crippen molar-refractivity contribution in [2.24, 2.45) is 0 Å². The number of nitrogens with one attached hydrogen (secondary N) is 1. The lowest BCUT2D eigenvalue weighted by Gasteiger charge is -2.34. The molecule has 1 amide bonds. The molecule has 0 radical (unpaired) electrons. The van der Waals surface area contributed by atoms with Gasteiger partial charge >= 0.3 is 6.18 Å². The van der Waals surface area contributed by atoms with E-state index in [0.717, 1.165) is 27.6 Å². The first-order valence-corrected chi connectivity index (χ1v) is 13.7. The van der Waals surface area contributed by atoms with Crippen LogP contribution in [0.4, 0.5) is 22.6 Å². The molecule has 5 rings (SSSR count). The summed E-state index contributed by atoms with van der Waals surface area (Å²) in [5.74, 6) is -1.73. The number of rotatable bonds is 7. The fraction of sp³-hybridized carbons (Fsp3) is 0.393. The van der Waals surface area contributed by atoms with E-state index in [1.54, 1.807) is 30.0 Å². The Bertz CT molecular complexity index is 1470. The number of carbonyl (C=O) groups is 1. The molecule has 0 saturated carbocycles. The second-order valence-corrected chi connectivity index (χ2v) is 10.8.